The van der Waals surface area contributed by atoms with E-state index in [2.05, 4.69) is 65.4 Å². The Morgan fingerprint density at radius 3 is 2.80 bits per heavy atom. The quantitative estimate of drug-likeness (QED) is 0.818. The van der Waals surface area contributed by atoms with Gasteiger partial charge in [0.05, 0.1) is 11.2 Å². The summed E-state index contributed by atoms with van der Waals surface area (Å²) in [6.07, 6.45) is 0.482. The van der Waals surface area contributed by atoms with E-state index in [1.54, 1.807) is 0 Å². The molecule has 0 saturated carbocycles. The van der Waals surface area contributed by atoms with Crippen LogP contribution in [0.25, 0.3) is 0 Å². The zero-order valence-electron chi connectivity index (χ0n) is 11.5. The van der Waals surface area contributed by atoms with E-state index in [0.29, 0.717) is 6.42 Å². The van der Waals surface area contributed by atoms with Crippen molar-refractivity contribution >= 4 is 27.5 Å². The van der Waals surface area contributed by atoms with Crippen LogP contribution in [-0.2, 0) is 11.2 Å². The lowest BCUT2D eigenvalue weighted by Crippen LogP contribution is -2.03. The average molecular weight is 330 g/mol. The Hall–Kier alpha value is -1.61. The number of benzene rings is 2. The molecular weight excluding hydrogens is 314 g/mol. The molecule has 0 saturated heterocycles. The molecule has 2 aromatic rings. The Morgan fingerprint density at radius 1 is 1.20 bits per heavy atom. The maximum absolute atomic E-state index is 11.4. The van der Waals surface area contributed by atoms with Gasteiger partial charge in [-0.05, 0) is 47.7 Å². The smallest absolute Gasteiger partial charge is 0.228 e. The highest BCUT2D eigenvalue weighted by atomic mass is 79.9. The van der Waals surface area contributed by atoms with E-state index in [4.69, 9.17) is 0 Å². The number of carbonyl (C=O) groups is 1. The van der Waals surface area contributed by atoms with Crippen molar-refractivity contribution < 1.29 is 4.79 Å². The molecule has 1 aliphatic heterocycles. The first-order chi connectivity index (χ1) is 9.56. The van der Waals surface area contributed by atoms with Gasteiger partial charge in [0.15, 0.2) is 0 Å². The molecule has 2 aromatic carbocycles. The molecule has 1 aliphatic rings. The maximum atomic E-state index is 11.4. The van der Waals surface area contributed by atoms with E-state index in [9.17, 15) is 4.79 Å². The summed E-state index contributed by atoms with van der Waals surface area (Å²) in [6.45, 7) is 4.28. The molecule has 0 radical (unpaired) electrons. The van der Waals surface area contributed by atoms with E-state index < -0.39 is 0 Å². The summed E-state index contributed by atoms with van der Waals surface area (Å²) in [5.41, 5.74) is 7.10. The molecule has 0 fully saturated rings. The van der Waals surface area contributed by atoms with Gasteiger partial charge in [-0.25, -0.2) is 0 Å². The van der Waals surface area contributed by atoms with Crippen LogP contribution in [0, 0.1) is 13.8 Å². The third-order valence-corrected chi connectivity index (χ3v) is 4.99. The molecule has 1 heterocycles. The standard InChI is InChI=1S/C17H16BrNO/c1-10-4-3-5-14(11(10)2)17(18)12-6-7-15-13(8-12)9-16(20)19-15/h3-8,17H,9H2,1-2H3,(H,19,20). The molecule has 2 nitrogen and oxygen atoms in total. The summed E-state index contributed by atoms with van der Waals surface area (Å²) in [6, 6.07) is 12.6. The van der Waals surface area contributed by atoms with Crippen LogP contribution in [0.2, 0.25) is 0 Å². The molecule has 0 bridgehead atoms. The van der Waals surface area contributed by atoms with Crippen molar-refractivity contribution in [1.82, 2.24) is 0 Å². The summed E-state index contributed by atoms with van der Waals surface area (Å²) >= 11 is 3.80. The lowest BCUT2D eigenvalue weighted by atomic mass is 9.96. The summed E-state index contributed by atoms with van der Waals surface area (Å²) in [5, 5.41) is 2.87. The number of hydrogen-bond donors (Lipinski definition) is 1. The van der Waals surface area contributed by atoms with Crippen LogP contribution in [-0.4, -0.2) is 5.91 Å². The van der Waals surface area contributed by atoms with Gasteiger partial charge in [0.2, 0.25) is 5.91 Å². The van der Waals surface area contributed by atoms with Crippen LogP contribution in [0.15, 0.2) is 36.4 Å². The van der Waals surface area contributed by atoms with Crippen LogP contribution in [0.5, 0.6) is 0 Å². The Bertz CT molecular complexity index is 693. The zero-order chi connectivity index (χ0) is 14.3. The molecule has 20 heavy (non-hydrogen) atoms. The molecule has 0 aliphatic carbocycles. The summed E-state index contributed by atoms with van der Waals surface area (Å²) in [5.74, 6) is 0.0787. The first kappa shape index (κ1) is 13.4. The normalized spacial score (nSPS) is 14.8. The lowest BCUT2D eigenvalue weighted by molar-refractivity contribution is -0.115. The first-order valence-corrected chi connectivity index (χ1v) is 7.60. The fraction of sp³-hybridized carbons (Fsp3) is 0.235. The van der Waals surface area contributed by atoms with Crippen molar-refractivity contribution in [2.24, 2.45) is 0 Å². The number of fused-ring (bicyclic) bond motifs is 1. The fourth-order valence-corrected chi connectivity index (χ4v) is 3.42. The van der Waals surface area contributed by atoms with Crippen molar-refractivity contribution in [3.63, 3.8) is 0 Å². The van der Waals surface area contributed by atoms with Gasteiger partial charge in [-0.3, -0.25) is 4.79 Å². The molecule has 3 heteroatoms. The number of anilines is 1. The van der Waals surface area contributed by atoms with Crippen LogP contribution in [0.1, 0.15) is 32.6 Å². The van der Waals surface area contributed by atoms with Gasteiger partial charge in [-0.1, -0.05) is 46.3 Å². The maximum Gasteiger partial charge on any atom is 0.228 e. The minimum Gasteiger partial charge on any atom is -0.326 e. The molecule has 0 spiro atoms. The molecule has 1 amide bonds. The van der Waals surface area contributed by atoms with Gasteiger partial charge in [-0.2, -0.15) is 0 Å². The zero-order valence-corrected chi connectivity index (χ0v) is 13.1. The molecule has 1 unspecified atom stereocenters. The fourth-order valence-electron chi connectivity index (χ4n) is 2.63. The Kier molecular flexibility index (Phi) is 3.38. The number of nitrogens with one attached hydrogen (secondary N) is 1. The molecule has 102 valence electrons. The number of rotatable bonds is 2. The van der Waals surface area contributed by atoms with Gasteiger partial charge in [0, 0.05) is 5.69 Å². The Labute approximate surface area is 127 Å². The number of aryl methyl sites for hydroxylation is 1. The largest absolute Gasteiger partial charge is 0.326 e. The first-order valence-electron chi connectivity index (χ1n) is 6.69. The van der Waals surface area contributed by atoms with Crippen molar-refractivity contribution in [3.05, 3.63) is 64.2 Å². The molecule has 1 atom stereocenters. The molecule has 1 N–H and O–H groups in total. The Balaban J connectivity index is 1.99. The average Bonchev–Trinajstić information content (AvgIpc) is 2.80. The molecule has 0 aromatic heterocycles. The van der Waals surface area contributed by atoms with Gasteiger partial charge in [-0.15, -0.1) is 0 Å². The molecular formula is C17H16BrNO. The number of amides is 1. The Morgan fingerprint density at radius 2 is 2.00 bits per heavy atom. The third-order valence-electron chi connectivity index (χ3n) is 3.97. The predicted octanol–water partition coefficient (Wildman–Crippen LogP) is 4.28. The van der Waals surface area contributed by atoms with Crippen molar-refractivity contribution in [3.8, 4) is 0 Å². The van der Waals surface area contributed by atoms with E-state index in [1.807, 2.05) is 6.07 Å². The van der Waals surface area contributed by atoms with Crippen molar-refractivity contribution in [2.75, 3.05) is 5.32 Å². The lowest BCUT2D eigenvalue weighted by Gasteiger charge is -2.16. The van der Waals surface area contributed by atoms with E-state index in [0.717, 1.165) is 11.3 Å². The summed E-state index contributed by atoms with van der Waals surface area (Å²) < 4.78 is 0. The second-order valence-corrected chi connectivity index (χ2v) is 6.21. The van der Waals surface area contributed by atoms with E-state index >= 15 is 0 Å². The summed E-state index contributed by atoms with van der Waals surface area (Å²) in [4.78, 5) is 11.6. The summed E-state index contributed by atoms with van der Waals surface area (Å²) in [7, 11) is 0. The van der Waals surface area contributed by atoms with Crippen LogP contribution >= 0.6 is 15.9 Å². The van der Waals surface area contributed by atoms with Crippen LogP contribution in [0.3, 0.4) is 0 Å². The molecule has 3 rings (SSSR count). The second kappa shape index (κ2) is 5.06. The predicted molar refractivity (Wildman–Crippen MR) is 85.5 cm³/mol. The van der Waals surface area contributed by atoms with E-state index in [-0.39, 0.29) is 10.7 Å². The second-order valence-electron chi connectivity index (χ2n) is 5.29. The van der Waals surface area contributed by atoms with Gasteiger partial charge < -0.3 is 5.32 Å². The monoisotopic (exact) mass is 329 g/mol. The SMILES string of the molecule is Cc1cccc(C(Br)c2ccc3c(c2)CC(=O)N3)c1C. The van der Waals surface area contributed by atoms with Gasteiger partial charge in [0.25, 0.3) is 0 Å². The van der Waals surface area contributed by atoms with Crippen LogP contribution in [0.4, 0.5) is 5.69 Å². The van der Waals surface area contributed by atoms with Gasteiger partial charge in [0.1, 0.15) is 0 Å². The van der Waals surface area contributed by atoms with Gasteiger partial charge >= 0.3 is 0 Å². The highest BCUT2D eigenvalue weighted by molar-refractivity contribution is 9.09. The van der Waals surface area contributed by atoms with Crippen molar-refractivity contribution in [1.29, 1.82) is 0 Å². The third kappa shape index (κ3) is 2.27. The van der Waals surface area contributed by atoms with E-state index in [1.165, 1.54) is 22.3 Å². The number of carbonyl (C=O) groups excluding carboxylic acids is 1. The highest BCUT2D eigenvalue weighted by Crippen LogP contribution is 2.36. The highest BCUT2D eigenvalue weighted by Gasteiger charge is 2.20. The number of alkyl halides is 1. The minimum atomic E-state index is 0.0787. The van der Waals surface area contributed by atoms with Crippen LogP contribution < -0.4 is 5.32 Å². The topological polar surface area (TPSA) is 29.1 Å². The number of hydrogen-bond acceptors (Lipinski definition) is 1. The number of halogens is 1. The minimum absolute atomic E-state index is 0.0787. The van der Waals surface area contributed by atoms with Crippen molar-refractivity contribution in [2.45, 2.75) is 25.1 Å².